The van der Waals surface area contributed by atoms with Gasteiger partial charge in [0.1, 0.15) is 11.4 Å². The Bertz CT molecular complexity index is 564. The Morgan fingerprint density at radius 2 is 2.19 bits per heavy atom. The summed E-state index contributed by atoms with van der Waals surface area (Å²) in [6.45, 7) is 2.99. The van der Waals surface area contributed by atoms with Crippen LogP contribution in [0.25, 0.3) is 0 Å². The molecule has 6 heteroatoms. The number of nitrogens with one attached hydrogen (secondary N) is 1. The third kappa shape index (κ3) is 2.66. The van der Waals surface area contributed by atoms with Crippen molar-refractivity contribution >= 4 is 11.8 Å². The van der Waals surface area contributed by atoms with E-state index in [1.165, 1.54) is 0 Å². The van der Waals surface area contributed by atoms with Gasteiger partial charge in [0.25, 0.3) is 0 Å². The van der Waals surface area contributed by atoms with Gasteiger partial charge in [-0.1, -0.05) is 0 Å². The Labute approximate surface area is 124 Å². The van der Waals surface area contributed by atoms with Crippen molar-refractivity contribution in [2.75, 3.05) is 13.1 Å². The van der Waals surface area contributed by atoms with Gasteiger partial charge in [0, 0.05) is 45.4 Å². The molecule has 1 aromatic rings. The highest BCUT2D eigenvalue weighted by Crippen LogP contribution is 2.41. The molecule has 2 amide bonds. The molecule has 1 aromatic heterocycles. The van der Waals surface area contributed by atoms with Crippen molar-refractivity contribution < 1.29 is 9.59 Å². The fourth-order valence-electron chi connectivity index (χ4n) is 3.10. The number of aromatic nitrogens is 2. The number of aryl methyl sites for hydroxylation is 1. The zero-order chi connectivity index (χ0) is 15.0. The number of hydrogen-bond donors (Lipinski definition) is 1. The van der Waals surface area contributed by atoms with Crippen LogP contribution >= 0.6 is 0 Å². The molecule has 0 aromatic carbocycles. The predicted molar refractivity (Wildman–Crippen MR) is 77.4 cm³/mol. The normalized spacial score (nSPS) is 26.7. The second kappa shape index (κ2) is 5.16. The molecule has 1 atom stereocenters. The van der Waals surface area contributed by atoms with Gasteiger partial charge < -0.3 is 14.8 Å². The minimum absolute atomic E-state index is 0.0164. The van der Waals surface area contributed by atoms with Gasteiger partial charge in [0.15, 0.2) is 0 Å². The molecular formula is C15H22N4O2. The summed E-state index contributed by atoms with van der Waals surface area (Å²) in [4.78, 5) is 30.8. The first kappa shape index (κ1) is 14.1. The molecule has 1 saturated heterocycles. The Kier molecular flexibility index (Phi) is 3.47. The third-order valence-electron chi connectivity index (χ3n) is 4.66. The van der Waals surface area contributed by atoms with Gasteiger partial charge in [-0.3, -0.25) is 9.59 Å². The Morgan fingerprint density at radius 1 is 1.43 bits per heavy atom. The number of nitrogens with zero attached hydrogens (tertiary/aromatic N) is 3. The van der Waals surface area contributed by atoms with Crippen molar-refractivity contribution in [3.8, 4) is 0 Å². The fraction of sp³-hybridized carbons (Fsp3) is 0.667. The maximum atomic E-state index is 12.8. The molecular weight excluding hydrogens is 268 g/mol. The van der Waals surface area contributed by atoms with E-state index in [4.69, 9.17) is 0 Å². The summed E-state index contributed by atoms with van der Waals surface area (Å²) in [6.07, 6.45) is 6.81. The number of rotatable bonds is 4. The summed E-state index contributed by atoms with van der Waals surface area (Å²) >= 11 is 0. The van der Waals surface area contributed by atoms with Crippen LogP contribution in [-0.2, 0) is 23.1 Å². The number of imidazole rings is 1. The first-order valence-electron chi connectivity index (χ1n) is 7.57. The molecule has 21 heavy (non-hydrogen) atoms. The van der Waals surface area contributed by atoms with Gasteiger partial charge in [-0.2, -0.15) is 0 Å². The van der Waals surface area contributed by atoms with E-state index in [1.54, 1.807) is 6.20 Å². The van der Waals surface area contributed by atoms with Crippen LogP contribution in [0.3, 0.4) is 0 Å². The van der Waals surface area contributed by atoms with Gasteiger partial charge in [-0.05, 0) is 25.7 Å². The van der Waals surface area contributed by atoms with Crippen LogP contribution in [0.5, 0.6) is 0 Å². The van der Waals surface area contributed by atoms with Gasteiger partial charge in [0.2, 0.25) is 11.8 Å². The van der Waals surface area contributed by atoms with Crippen LogP contribution in [0.1, 0.15) is 32.0 Å². The van der Waals surface area contributed by atoms with Crippen molar-refractivity contribution in [3.63, 3.8) is 0 Å². The van der Waals surface area contributed by atoms with E-state index < -0.39 is 5.54 Å². The molecule has 114 valence electrons. The minimum atomic E-state index is -0.713. The van der Waals surface area contributed by atoms with E-state index >= 15 is 0 Å². The highest BCUT2D eigenvalue weighted by Gasteiger charge is 2.50. The molecule has 1 unspecified atom stereocenters. The predicted octanol–water partition coefficient (Wildman–Crippen LogP) is 0.480. The number of carbonyl (C=O) groups excluding carboxylic acids is 2. The lowest BCUT2D eigenvalue weighted by molar-refractivity contribution is -0.139. The zero-order valence-corrected chi connectivity index (χ0v) is 12.6. The molecule has 2 aliphatic rings. The van der Waals surface area contributed by atoms with Gasteiger partial charge in [-0.25, -0.2) is 4.98 Å². The molecule has 3 rings (SSSR count). The second-order valence-electron chi connectivity index (χ2n) is 6.27. The van der Waals surface area contributed by atoms with Crippen LogP contribution in [-0.4, -0.2) is 44.9 Å². The fourth-order valence-corrected chi connectivity index (χ4v) is 3.10. The topological polar surface area (TPSA) is 67.2 Å². The van der Waals surface area contributed by atoms with Crippen LogP contribution in [0.2, 0.25) is 0 Å². The Morgan fingerprint density at radius 3 is 2.81 bits per heavy atom. The van der Waals surface area contributed by atoms with Crippen molar-refractivity contribution in [2.45, 2.75) is 38.1 Å². The van der Waals surface area contributed by atoms with Crippen LogP contribution in [0.15, 0.2) is 12.4 Å². The highest BCUT2D eigenvalue weighted by atomic mass is 16.2. The molecule has 1 saturated carbocycles. The number of hydrogen-bond acceptors (Lipinski definition) is 3. The van der Waals surface area contributed by atoms with Crippen molar-refractivity contribution in [1.82, 2.24) is 19.8 Å². The lowest BCUT2D eigenvalue weighted by Crippen LogP contribution is -2.57. The van der Waals surface area contributed by atoms with Crippen molar-refractivity contribution in [2.24, 2.45) is 13.0 Å². The maximum Gasteiger partial charge on any atom is 0.248 e. The second-order valence-corrected chi connectivity index (χ2v) is 6.27. The summed E-state index contributed by atoms with van der Waals surface area (Å²) in [5.74, 6) is 1.30. The summed E-state index contributed by atoms with van der Waals surface area (Å²) in [7, 11) is 1.95. The van der Waals surface area contributed by atoms with E-state index in [0.29, 0.717) is 31.8 Å². The monoisotopic (exact) mass is 290 g/mol. The van der Waals surface area contributed by atoms with E-state index in [2.05, 4.69) is 10.3 Å². The molecule has 2 heterocycles. The number of carbonyl (C=O) groups is 2. The van der Waals surface area contributed by atoms with Crippen LogP contribution in [0.4, 0.5) is 0 Å². The third-order valence-corrected chi connectivity index (χ3v) is 4.66. The van der Waals surface area contributed by atoms with E-state index in [-0.39, 0.29) is 11.8 Å². The first-order valence-corrected chi connectivity index (χ1v) is 7.57. The van der Waals surface area contributed by atoms with Crippen LogP contribution in [0, 0.1) is 5.92 Å². The van der Waals surface area contributed by atoms with Crippen molar-refractivity contribution in [1.29, 1.82) is 0 Å². The standard InChI is InChI=1S/C15H22N4O2/c1-15(11-3-4-11)14(21)19(9-6-13(20)17-15)8-5-12-16-7-10-18(12)2/h7,10-11H,3-6,8-9H2,1-2H3,(H,17,20). The molecule has 1 N–H and O–H groups in total. The summed E-state index contributed by atoms with van der Waals surface area (Å²) in [6, 6.07) is 0. The van der Waals surface area contributed by atoms with Gasteiger partial charge >= 0.3 is 0 Å². The largest absolute Gasteiger partial charge is 0.342 e. The average molecular weight is 290 g/mol. The Balaban J connectivity index is 1.73. The summed E-state index contributed by atoms with van der Waals surface area (Å²) < 4.78 is 1.96. The maximum absolute atomic E-state index is 12.8. The van der Waals surface area contributed by atoms with E-state index in [0.717, 1.165) is 18.7 Å². The average Bonchev–Trinajstić information content (AvgIpc) is 3.23. The quantitative estimate of drug-likeness (QED) is 0.877. The molecule has 0 bridgehead atoms. The van der Waals surface area contributed by atoms with E-state index in [9.17, 15) is 9.59 Å². The summed E-state index contributed by atoms with van der Waals surface area (Å²) in [5.41, 5.74) is -0.713. The highest BCUT2D eigenvalue weighted by molar-refractivity contribution is 5.93. The van der Waals surface area contributed by atoms with E-state index in [1.807, 2.05) is 29.6 Å². The summed E-state index contributed by atoms with van der Waals surface area (Å²) in [5, 5.41) is 2.95. The number of amides is 2. The van der Waals surface area contributed by atoms with Gasteiger partial charge in [0.05, 0.1) is 0 Å². The molecule has 6 nitrogen and oxygen atoms in total. The minimum Gasteiger partial charge on any atom is -0.342 e. The lowest BCUT2D eigenvalue weighted by atomic mass is 9.94. The van der Waals surface area contributed by atoms with Crippen molar-refractivity contribution in [3.05, 3.63) is 18.2 Å². The first-order chi connectivity index (χ1) is 10.0. The van der Waals surface area contributed by atoms with Crippen LogP contribution < -0.4 is 5.32 Å². The van der Waals surface area contributed by atoms with Gasteiger partial charge in [-0.15, -0.1) is 0 Å². The molecule has 2 fully saturated rings. The molecule has 0 spiro atoms. The SMILES string of the molecule is Cn1ccnc1CCN1CCC(=O)NC(C)(C2CC2)C1=O. The molecule has 0 radical (unpaired) electrons. The zero-order valence-electron chi connectivity index (χ0n) is 12.6. The molecule has 1 aliphatic carbocycles. The molecule has 1 aliphatic heterocycles. The Hall–Kier alpha value is -1.85. The lowest BCUT2D eigenvalue weighted by Gasteiger charge is -2.32. The smallest absolute Gasteiger partial charge is 0.248 e.